The summed E-state index contributed by atoms with van der Waals surface area (Å²) in [6, 6.07) is 13.1. The zero-order chi connectivity index (χ0) is 27.7. The zero-order valence-electron chi connectivity index (χ0n) is 21.8. The van der Waals surface area contributed by atoms with Crippen molar-refractivity contribution in [1.82, 2.24) is 4.90 Å². The number of aryl methyl sites for hydroxylation is 1. The van der Waals surface area contributed by atoms with Crippen LogP contribution in [0.5, 0.6) is 0 Å². The van der Waals surface area contributed by atoms with Gasteiger partial charge in [0.25, 0.3) is 0 Å². The lowest BCUT2D eigenvalue weighted by Gasteiger charge is -2.34. The van der Waals surface area contributed by atoms with Crippen LogP contribution in [0, 0.1) is 0 Å². The number of carbonyl (C=O) groups is 1. The fourth-order valence-corrected chi connectivity index (χ4v) is 5.50. The summed E-state index contributed by atoms with van der Waals surface area (Å²) in [5.74, 6) is -0.991. The highest BCUT2D eigenvalue weighted by molar-refractivity contribution is 5.91. The first-order valence-electron chi connectivity index (χ1n) is 13.3. The van der Waals surface area contributed by atoms with Gasteiger partial charge in [0.1, 0.15) is 0 Å². The predicted molar refractivity (Wildman–Crippen MR) is 145 cm³/mol. The van der Waals surface area contributed by atoms with Gasteiger partial charge in [0.15, 0.2) is 11.8 Å². The minimum absolute atomic E-state index is 0.117. The molecule has 2 aromatic rings. The third kappa shape index (κ3) is 5.93. The van der Waals surface area contributed by atoms with Gasteiger partial charge in [-0.25, -0.2) is 22.4 Å². The highest BCUT2D eigenvalue weighted by Gasteiger charge is 2.34. The zero-order valence-corrected chi connectivity index (χ0v) is 21.8. The number of carboxylic acids is 1. The summed E-state index contributed by atoms with van der Waals surface area (Å²) < 4.78 is 54.2. The molecule has 0 radical (unpaired) electrons. The number of allylic oxidation sites excluding steroid dienone is 5. The van der Waals surface area contributed by atoms with E-state index in [-0.39, 0.29) is 12.0 Å². The highest BCUT2D eigenvalue weighted by atomic mass is 19.3. The van der Waals surface area contributed by atoms with Crippen LogP contribution in [0.15, 0.2) is 77.4 Å². The molecule has 0 amide bonds. The van der Waals surface area contributed by atoms with Crippen molar-refractivity contribution in [2.45, 2.75) is 50.9 Å². The van der Waals surface area contributed by atoms with E-state index in [4.69, 9.17) is 0 Å². The number of aromatic carboxylic acids is 1. The number of fused-ring (bicyclic) bond motifs is 1. The second-order valence-corrected chi connectivity index (χ2v) is 10.7. The molecule has 3 aliphatic rings. The minimum Gasteiger partial charge on any atom is -0.478 e. The molecular formula is C32H31F4NO2. The SMILES string of the molecule is CC1(F)C=CC(C2=C(c3ccc(C=C4CN(CCC(F)F)C4)cc3)c3ccc(C(=O)O)cc3CCC2)=CC1F. The Kier molecular flexibility index (Phi) is 7.63. The van der Waals surface area contributed by atoms with Crippen LogP contribution in [0.25, 0.3) is 11.6 Å². The number of nitrogens with zero attached hydrogens (tertiary/aromatic N) is 1. The van der Waals surface area contributed by atoms with Gasteiger partial charge in [-0.3, -0.25) is 4.90 Å². The van der Waals surface area contributed by atoms with Crippen LogP contribution in [0.3, 0.4) is 0 Å². The molecular weight excluding hydrogens is 506 g/mol. The molecule has 1 N–H and O–H groups in total. The standard InChI is InChI=1S/C32H31F4NO2/c1-32(36)13-11-24(17-28(32)33)26-4-2-3-23-16-25(31(38)39)9-10-27(23)30(26)22-7-5-20(6-8-22)15-21-18-37(19-21)14-12-29(34)35/h5-11,13,15-17,28-29H,2-4,12,14,18-19H2,1H3,(H,38,39). The Labute approximate surface area is 225 Å². The molecule has 0 saturated carbocycles. The summed E-state index contributed by atoms with van der Waals surface area (Å²) in [7, 11) is 0. The summed E-state index contributed by atoms with van der Waals surface area (Å²) >= 11 is 0. The Bertz CT molecular complexity index is 1380. The Morgan fingerprint density at radius 2 is 1.90 bits per heavy atom. The number of likely N-dealkylation sites (tertiary alicyclic amines) is 1. The molecule has 0 aromatic heterocycles. The molecule has 1 aliphatic heterocycles. The van der Waals surface area contributed by atoms with Crippen LogP contribution in [0.2, 0.25) is 0 Å². The first-order valence-corrected chi connectivity index (χ1v) is 13.3. The first kappa shape index (κ1) is 27.1. The molecule has 5 rings (SSSR count). The van der Waals surface area contributed by atoms with E-state index in [1.807, 2.05) is 35.2 Å². The molecule has 204 valence electrons. The van der Waals surface area contributed by atoms with Gasteiger partial charge < -0.3 is 5.11 Å². The molecule has 3 nitrogen and oxygen atoms in total. The summed E-state index contributed by atoms with van der Waals surface area (Å²) in [6.07, 6.45) is 4.23. The third-order valence-corrected chi connectivity index (χ3v) is 7.69. The molecule has 1 saturated heterocycles. The molecule has 2 unspecified atom stereocenters. The number of carboxylic acid groups (broad SMARTS) is 1. The summed E-state index contributed by atoms with van der Waals surface area (Å²) in [5, 5.41) is 9.52. The average Bonchev–Trinajstić information content (AvgIpc) is 3.06. The van der Waals surface area contributed by atoms with E-state index in [1.165, 1.54) is 24.6 Å². The van der Waals surface area contributed by atoms with Crippen molar-refractivity contribution in [2.24, 2.45) is 0 Å². The van der Waals surface area contributed by atoms with E-state index in [2.05, 4.69) is 6.08 Å². The normalized spacial score (nSPS) is 23.3. The molecule has 1 heterocycles. The van der Waals surface area contributed by atoms with E-state index in [0.717, 1.165) is 39.8 Å². The van der Waals surface area contributed by atoms with Crippen LogP contribution in [0.4, 0.5) is 17.6 Å². The minimum atomic E-state index is -2.29. The van der Waals surface area contributed by atoms with Crippen LogP contribution in [-0.4, -0.2) is 53.9 Å². The summed E-state index contributed by atoms with van der Waals surface area (Å²) in [4.78, 5) is 13.6. The van der Waals surface area contributed by atoms with Crippen molar-refractivity contribution in [3.63, 3.8) is 0 Å². The average molecular weight is 538 g/mol. The second-order valence-electron chi connectivity index (χ2n) is 10.7. The highest BCUT2D eigenvalue weighted by Crippen LogP contribution is 2.41. The Morgan fingerprint density at radius 3 is 2.56 bits per heavy atom. The number of rotatable bonds is 7. The van der Waals surface area contributed by atoms with Crippen molar-refractivity contribution in [1.29, 1.82) is 0 Å². The van der Waals surface area contributed by atoms with Gasteiger partial charge in [0, 0.05) is 26.1 Å². The van der Waals surface area contributed by atoms with Crippen molar-refractivity contribution in [2.75, 3.05) is 19.6 Å². The van der Waals surface area contributed by atoms with Crippen LogP contribution >= 0.6 is 0 Å². The summed E-state index contributed by atoms with van der Waals surface area (Å²) in [5.41, 5.74) is 5.49. The fourth-order valence-electron chi connectivity index (χ4n) is 5.50. The number of alkyl halides is 4. The van der Waals surface area contributed by atoms with Gasteiger partial charge in [-0.15, -0.1) is 0 Å². The smallest absolute Gasteiger partial charge is 0.335 e. The Hall–Kier alpha value is -3.45. The Morgan fingerprint density at radius 1 is 1.15 bits per heavy atom. The molecule has 2 aromatic carbocycles. The Balaban J connectivity index is 1.50. The van der Waals surface area contributed by atoms with Gasteiger partial charge in [-0.05, 0) is 95.0 Å². The van der Waals surface area contributed by atoms with Crippen molar-refractivity contribution >= 4 is 17.6 Å². The topological polar surface area (TPSA) is 40.5 Å². The van der Waals surface area contributed by atoms with E-state index in [1.54, 1.807) is 18.2 Å². The van der Waals surface area contributed by atoms with Crippen molar-refractivity contribution < 1.29 is 27.5 Å². The molecule has 39 heavy (non-hydrogen) atoms. The maximum Gasteiger partial charge on any atom is 0.335 e. The fraction of sp³-hybridized carbons (Fsp3) is 0.344. The molecule has 0 bridgehead atoms. The van der Waals surface area contributed by atoms with E-state index in [0.29, 0.717) is 38.0 Å². The van der Waals surface area contributed by atoms with Gasteiger partial charge >= 0.3 is 5.97 Å². The lowest BCUT2D eigenvalue weighted by atomic mass is 9.83. The molecule has 2 aliphatic carbocycles. The lowest BCUT2D eigenvalue weighted by Crippen LogP contribution is -2.40. The van der Waals surface area contributed by atoms with E-state index >= 15 is 0 Å². The van der Waals surface area contributed by atoms with Crippen LogP contribution in [-0.2, 0) is 6.42 Å². The van der Waals surface area contributed by atoms with Gasteiger partial charge in [-0.1, -0.05) is 42.5 Å². The molecule has 0 spiro atoms. The molecule has 7 heteroatoms. The third-order valence-electron chi connectivity index (χ3n) is 7.69. The van der Waals surface area contributed by atoms with Crippen LogP contribution in [0.1, 0.15) is 58.8 Å². The second kappa shape index (κ2) is 11.0. The summed E-state index contributed by atoms with van der Waals surface area (Å²) in [6.45, 7) is 2.97. The molecule has 2 atom stereocenters. The number of halogens is 4. The van der Waals surface area contributed by atoms with Gasteiger partial charge in [-0.2, -0.15) is 0 Å². The van der Waals surface area contributed by atoms with Crippen LogP contribution < -0.4 is 0 Å². The monoisotopic (exact) mass is 537 g/mol. The quantitative estimate of drug-likeness (QED) is 0.373. The van der Waals surface area contributed by atoms with Gasteiger partial charge in [0.2, 0.25) is 6.43 Å². The van der Waals surface area contributed by atoms with Gasteiger partial charge in [0.05, 0.1) is 5.56 Å². The number of hydrogen-bond donors (Lipinski definition) is 1. The largest absolute Gasteiger partial charge is 0.478 e. The lowest BCUT2D eigenvalue weighted by molar-refractivity contribution is 0.0696. The van der Waals surface area contributed by atoms with Crippen molar-refractivity contribution in [3.05, 3.63) is 105 Å². The predicted octanol–water partition coefficient (Wildman–Crippen LogP) is 7.44. The number of hydrogen-bond acceptors (Lipinski definition) is 2. The van der Waals surface area contributed by atoms with E-state index < -0.39 is 24.2 Å². The van der Waals surface area contributed by atoms with E-state index in [9.17, 15) is 27.5 Å². The van der Waals surface area contributed by atoms with Crippen molar-refractivity contribution in [3.8, 4) is 0 Å². The number of benzene rings is 2. The maximum atomic E-state index is 14.7. The first-order chi connectivity index (χ1) is 18.6. The molecule has 1 fully saturated rings. The maximum absolute atomic E-state index is 14.7.